The second-order valence-electron chi connectivity index (χ2n) is 7.18. The summed E-state index contributed by atoms with van der Waals surface area (Å²) in [6.45, 7) is 1.32. The Hall–Kier alpha value is -2.43. The van der Waals surface area contributed by atoms with Crippen LogP contribution in [0.15, 0.2) is 42.8 Å². The molecule has 0 spiro atoms. The number of rotatable bonds is 6. The first-order chi connectivity index (χ1) is 12.7. The van der Waals surface area contributed by atoms with Gasteiger partial charge in [0.2, 0.25) is 0 Å². The van der Waals surface area contributed by atoms with Crippen molar-refractivity contribution in [3.8, 4) is 0 Å². The Morgan fingerprint density at radius 2 is 1.35 bits per heavy atom. The van der Waals surface area contributed by atoms with Gasteiger partial charge in [0.25, 0.3) is 11.8 Å². The van der Waals surface area contributed by atoms with Crippen molar-refractivity contribution in [2.45, 2.75) is 38.5 Å². The molecule has 0 saturated carbocycles. The minimum absolute atomic E-state index is 0.167. The van der Waals surface area contributed by atoms with E-state index in [2.05, 4.69) is 39.9 Å². The number of pyridine rings is 1. The molecule has 5 nitrogen and oxygen atoms in total. The standard InChI is InChI=1S/C21H27N3O2/c25-20(23-12-16-7-3-1-4-8-16)18-11-19(15-22-14-18)21(26)24-13-17-9-5-2-6-10-17/h1-3,5,11,14-17H,4,6-10,12-13H2,(H,23,25)(H,24,26)/t16-,17-/m0/s1. The minimum atomic E-state index is -0.167. The van der Waals surface area contributed by atoms with Crippen LogP contribution in [0.2, 0.25) is 0 Å². The van der Waals surface area contributed by atoms with Crippen molar-refractivity contribution < 1.29 is 9.59 Å². The van der Waals surface area contributed by atoms with Crippen LogP contribution in [-0.4, -0.2) is 29.9 Å². The molecule has 1 aromatic heterocycles. The van der Waals surface area contributed by atoms with Crippen LogP contribution in [0.5, 0.6) is 0 Å². The van der Waals surface area contributed by atoms with Gasteiger partial charge in [-0.05, 0) is 56.4 Å². The Morgan fingerprint density at radius 3 is 1.77 bits per heavy atom. The van der Waals surface area contributed by atoms with E-state index in [0.29, 0.717) is 36.1 Å². The number of carbonyl (C=O) groups is 2. The van der Waals surface area contributed by atoms with E-state index in [-0.39, 0.29) is 11.8 Å². The van der Waals surface area contributed by atoms with E-state index >= 15 is 0 Å². The molecule has 1 aromatic rings. The number of hydrogen-bond acceptors (Lipinski definition) is 3. The molecule has 2 N–H and O–H groups in total. The molecule has 0 saturated heterocycles. The Kier molecular flexibility index (Phi) is 6.58. The SMILES string of the molecule is O=C(NC[C@H]1CC=CCC1)c1cncc(C(=O)NC[C@H]2CC=CCC2)c1. The fourth-order valence-electron chi connectivity index (χ4n) is 3.45. The molecule has 0 aliphatic heterocycles. The third kappa shape index (κ3) is 5.28. The molecule has 0 fully saturated rings. The summed E-state index contributed by atoms with van der Waals surface area (Å²) in [5, 5.41) is 5.93. The number of carbonyl (C=O) groups excluding carboxylic acids is 2. The van der Waals surface area contributed by atoms with Gasteiger partial charge < -0.3 is 10.6 Å². The van der Waals surface area contributed by atoms with Gasteiger partial charge in [-0.15, -0.1) is 0 Å². The van der Waals surface area contributed by atoms with Crippen LogP contribution in [-0.2, 0) is 0 Å². The fourth-order valence-corrected chi connectivity index (χ4v) is 3.45. The molecule has 5 heteroatoms. The summed E-state index contributed by atoms with van der Waals surface area (Å²) < 4.78 is 0. The van der Waals surface area contributed by atoms with Crippen LogP contribution in [0.1, 0.15) is 59.2 Å². The van der Waals surface area contributed by atoms with E-state index in [1.54, 1.807) is 6.07 Å². The highest BCUT2D eigenvalue weighted by Crippen LogP contribution is 2.18. The van der Waals surface area contributed by atoms with Crippen molar-refractivity contribution in [3.63, 3.8) is 0 Å². The molecule has 2 amide bonds. The van der Waals surface area contributed by atoms with Crippen LogP contribution < -0.4 is 10.6 Å². The lowest BCUT2D eigenvalue weighted by Crippen LogP contribution is -2.31. The van der Waals surface area contributed by atoms with Crippen LogP contribution in [0.3, 0.4) is 0 Å². The highest BCUT2D eigenvalue weighted by Gasteiger charge is 2.16. The largest absolute Gasteiger partial charge is 0.352 e. The minimum Gasteiger partial charge on any atom is -0.352 e. The summed E-state index contributed by atoms with van der Waals surface area (Å²) in [5.41, 5.74) is 0.870. The van der Waals surface area contributed by atoms with E-state index < -0.39 is 0 Å². The van der Waals surface area contributed by atoms with Gasteiger partial charge in [0.1, 0.15) is 0 Å². The smallest absolute Gasteiger partial charge is 0.252 e. The maximum absolute atomic E-state index is 12.4. The highest BCUT2D eigenvalue weighted by atomic mass is 16.2. The monoisotopic (exact) mass is 353 g/mol. The molecule has 2 atom stereocenters. The molecule has 0 bridgehead atoms. The van der Waals surface area contributed by atoms with Crippen molar-refractivity contribution in [1.82, 2.24) is 15.6 Å². The molecule has 0 radical (unpaired) electrons. The summed E-state index contributed by atoms with van der Waals surface area (Å²) >= 11 is 0. The molecule has 3 rings (SSSR count). The number of aromatic nitrogens is 1. The van der Waals surface area contributed by atoms with Gasteiger partial charge in [-0.1, -0.05) is 24.3 Å². The summed E-state index contributed by atoms with van der Waals surface area (Å²) in [4.78, 5) is 28.8. The maximum atomic E-state index is 12.4. The van der Waals surface area contributed by atoms with Crippen LogP contribution in [0, 0.1) is 11.8 Å². The van der Waals surface area contributed by atoms with E-state index in [1.165, 1.54) is 12.4 Å². The van der Waals surface area contributed by atoms with Crippen molar-refractivity contribution in [2.24, 2.45) is 11.8 Å². The second-order valence-corrected chi connectivity index (χ2v) is 7.18. The van der Waals surface area contributed by atoms with Crippen molar-refractivity contribution >= 4 is 11.8 Å². The number of allylic oxidation sites excluding steroid dienone is 4. The first-order valence-electron chi connectivity index (χ1n) is 9.54. The number of hydrogen-bond donors (Lipinski definition) is 2. The van der Waals surface area contributed by atoms with Crippen molar-refractivity contribution in [2.75, 3.05) is 13.1 Å². The molecule has 0 unspecified atom stereocenters. The third-order valence-corrected chi connectivity index (χ3v) is 5.12. The molecule has 1 heterocycles. The first kappa shape index (κ1) is 18.4. The number of amides is 2. The Balaban J connectivity index is 1.51. The zero-order valence-electron chi connectivity index (χ0n) is 15.1. The lowest BCUT2D eigenvalue weighted by atomic mass is 9.94. The fraction of sp³-hybridized carbons (Fsp3) is 0.476. The lowest BCUT2D eigenvalue weighted by molar-refractivity contribution is 0.0945. The normalized spacial score (nSPS) is 22.0. The first-order valence-corrected chi connectivity index (χ1v) is 9.54. The average Bonchev–Trinajstić information content (AvgIpc) is 2.72. The third-order valence-electron chi connectivity index (χ3n) is 5.12. The summed E-state index contributed by atoms with van der Waals surface area (Å²) in [6, 6.07) is 1.62. The topological polar surface area (TPSA) is 71.1 Å². The van der Waals surface area contributed by atoms with Crippen LogP contribution in [0.25, 0.3) is 0 Å². The molecule has 2 aliphatic carbocycles. The Morgan fingerprint density at radius 1 is 0.846 bits per heavy atom. The quantitative estimate of drug-likeness (QED) is 0.771. The van der Waals surface area contributed by atoms with Gasteiger partial charge in [0.15, 0.2) is 0 Å². The van der Waals surface area contributed by atoms with E-state index in [0.717, 1.165) is 38.5 Å². The van der Waals surface area contributed by atoms with Crippen LogP contribution >= 0.6 is 0 Å². The molecule has 26 heavy (non-hydrogen) atoms. The van der Waals surface area contributed by atoms with E-state index in [4.69, 9.17) is 0 Å². The summed E-state index contributed by atoms with van der Waals surface area (Å²) in [5.74, 6) is 0.652. The summed E-state index contributed by atoms with van der Waals surface area (Å²) in [7, 11) is 0. The predicted molar refractivity (Wildman–Crippen MR) is 102 cm³/mol. The number of nitrogens with zero attached hydrogens (tertiary/aromatic N) is 1. The van der Waals surface area contributed by atoms with Gasteiger partial charge in [-0.25, -0.2) is 0 Å². The van der Waals surface area contributed by atoms with Gasteiger partial charge >= 0.3 is 0 Å². The van der Waals surface area contributed by atoms with E-state index in [9.17, 15) is 9.59 Å². The maximum Gasteiger partial charge on any atom is 0.252 e. The second kappa shape index (κ2) is 9.32. The van der Waals surface area contributed by atoms with E-state index in [1.807, 2.05) is 0 Å². The summed E-state index contributed by atoms with van der Waals surface area (Å²) in [6.07, 6.45) is 18.1. The Bertz CT molecular complexity index is 641. The zero-order valence-corrected chi connectivity index (χ0v) is 15.1. The molecule has 138 valence electrons. The highest BCUT2D eigenvalue weighted by molar-refractivity contribution is 5.99. The Labute approximate surface area is 155 Å². The molecule has 2 aliphatic rings. The van der Waals surface area contributed by atoms with Crippen molar-refractivity contribution in [3.05, 3.63) is 53.9 Å². The van der Waals surface area contributed by atoms with Gasteiger partial charge in [-0.2, -0.15) is 0 Å². The van der Waals surface area contributed by atoms with Crippen molar-refractivity contribution in [1.29, 1.82) is 0 Å². The lowest BCUT2D eigenvalue weighted by Gasteiger charge is -2.18. The molecular formula is C21H27N3O2. The van der Waals surface area contributed by atoms with Gasteiger partial charge in [-0.3, -0.25) is 14.6 Å². The van der Waals surface area contributed by atoms with Crippen LogP contribution in [0.4, 0.5) is 0 Å². The molecule has 0 aromatic carbocycles. The predicted octanol–water partition coefficient (Wildman–Crippen LogP) is 3.25. The average molecular weight is 353 g/mol. The zero-order chi connectivity index (χ0) is 18.2. The molecular weight excluding hydrogens is 326 g/mol. The van der Waals surface area contributed by atoms with Gasteiger partial charge in [0, 0.05) is 25.5 Å². The number of nitrogens with one attached hydrogen (secondary N) is 2. The van der Waals surface area contributed by atoms with Gasteiger partial charge in [0.05, 0.1) is 11.1 Å².